The third-order valence-electron chi connectivity index (χ3n) is 3.15. The fourth-order valence-electron chi connectivity index (χ4n) is 1.87. The lowest BCUT2D eigenvalue weighted by Crippen LogP contribution is -2.22. The van der Waals surface area contributed by atoms with E-state index in [-0.39, 0.29) is 4.90 Å². The highest BCUT2D eigenvalue weighted by Gasteiger charge is 2.17. The molecule has 114 valence electrons. The Morgan fingerprint density at radius 1 is 1.14 bits per heavy atom. The number of furan rings is 1. The number of hydrogen-bond acceptors (Lipinski definition) is 4. The Morgan fingerprint density at radius 3 is 2.48 bits per heavy atom. The van der Waals surface area contributed by atoms with Gasteiger partial charge in [0.2, 0.25) is 10.0 Å². The number of nitrogens with zero attached hydrogens (tertiary/aromatic N) is 1. The number of hydrogen-bond donors (Lipinski definition) is 1. The van der Waals surface area contributed by atoms with Gasteiger partial charge in [-0.2, -0.15) is 0 Å². The molecule has 2 rings (SSSR count). The molecule has 0 aliphatic heterocycles. The predicted molar refractivity (Wildman–Crippen MR) is 82.7 cm³/mol. The van der Waals surface area contributed by atoms with E-state index in [0.29, 0.717) is 6.54 Å². The first kappa shape index (κ1) is 15.6. The van der Waals surface area contributed by atoms with E-state index in [1.165, 1.54) is 18.4 Å². The van der Waals surface area contributed by atoms with Gasteiger partial charge in [0.1, 0.15) is 11.5 Å². The molecule has 0 saturated carbocycles. The molecule has 21 heavy (non-hydrogen) atoms. The smallest absolute Gasteiger partial charge is 0.242 e. The summed E-state index contributed by atoms with van der Waals surface area (Å²) in [5.74, 6) is 1.77. The van der Waals surface area contributed by atoms with Gasteiger partial charge in [0.25, 0.3) is 0 Å². The van der Waals surface area contributed by atoms with Crippen molar-refractivity contribution in [2.45, 2.75) is 24.8 Å². The fraction of sp³-hybridized carbons (Fsp3) is 0.333. The van der Waals surface area contributed by atoms with Crippen molar-refractivity contribution in [3.05, 3.63) is 47.9 Å². The zero-order valence-electron chi connectivity index (χ0n) is 12.5. The van der Waals surface area contributed by atoms with Gasteiger partial charge in [-0.15, -0.1) is 0 Å². The van der Waals surface area contributed by atoms with Crippen LogP contribution in [-0.4, -0.2) is 26.8 Å². The molecule has 0 aliphatic rings. The van der Waals surface area contributed by atoms with E-state index in [9.17, 15) is 8.42 Å². The second-order valence-corrected chi connectivity index (χ2v) is 7.04. The fourth-order valence-corrected chi connectivity index (χ4v) is 2.82. The molecule has 2 aromatic rings. The van der Waals surface area contributed by atoms with E-state index in [0.717, 1.165) is 23.6 Å². The maximum Gasteiger partial charge on any atom is 0.242 e. The molecule has 0 amide bonds. The van der Waals surface area contributed by atoms with Crippen molar-refractivity contribution in [1.82, 2.24) is 4.31 Å². The van der Waals surface area contributed by atoms with Gasteiger partial charge in [-0.3, -0.25) is 0 Å². The molecular formula is C15H20N2O3S. The van der Waals surface area contributed by atoms with Crippen LogP contribution >= 0.6 is 0 Å². The van der Waals surface area contributed by atoms with Crippen LogP contribution in [0.5, 0.6) is 0 Å². The minimum Gasteiger partial charge on any atom is -0.464 e. The molecule has 0 unspecified atom stereocenters. The first-order valence-corrected chi connectivity index (χ1v) is 8.21. The topological polar surface area (TPSA) is 62.6 Å². The quantitative estimate of drug-likeness (QED) is 0.891. The normalized spacial score (nSPS) is 11.8. The lowest BCUT2D eigenvalue weighted by molar-refractivity contribution is 0.476. The molecular weight excluding hydrogens is 288 g/mol. The van der Waals surface area contributed by atoms with Crippen molar-refractivity contribution in [2.75, 3.05) is 19.4 Å². The molecule has 0 fully saturated rings. The highest BCUT2D eigenvalue weighted by Crippen LogP contribution is 2.19. The lowest BCUT2D eigenvalue weighted by Gasteiger charge is -2.12. The second-order valence-electron chi connectivity index (χ2n) is 4.89. The Balaban J connectivity index is 2.11. The summed E-state index contributed by atoms with van der Waals surface area (Å²) in [4.78, 5) is 0.270. The molecule has 0 radical (unpaired) electrons. The van der Waals surface area contributed by atoms with Crippen LogP contribution in [0.15, 0.2) is 45.7 Å². The van der Waals surface area contributed by atoms with Crippen molar-refractivity contribution in [2.24, 2.45) is 0 Å². The van der Waals surface area contributed by atoms with Gasteiger partial charge >= 0.3 is 0 Å². The van der Waals surface area contributed by atoms with E-state index in [2.05, 4.69) is 5.32 Å². The van der Waals surface area contributed by atoms with Gasteiger partial charge in [0.15, 0.2) is 0 Å². The zero-order chi connectivity index (χ0) is 15.5. The van der Waals surface area contributed by atoms with Crippen molar-refractivity contribution in [1.29, 1.82) is 0 Å². The summed E-state index contributed by atoms with van der Waals surface area (Å²) < 4.78 is 31.0. The Morgan fingerprint density at radius 2 is 1.86 bits per heavy atom. The summed E-state index contributed by atoms with van der Waals surface area (Å²) in [6.45, 7) is 2.55. The Bertz CT molecular complexity index is 705. The van der Waals surface area contributed by atoms with Crippen molar-refractivity contribution in [3.63, 3.8) is 0 Å². The first-order valence-electron chi connectivity index (χ1n) is 6.77. The molecule has 0 saturated heterocycles. The van der Waals surface area contributed by atoms with Gasteiger partial charge in [-0.25, -0.2) is 12.7 Å². The van der Waals surface area contributed by atoms with E-state index < -0.39 is 10.0 Å². The average molecular weight is 308 g/mol. The van der Waals surface area contributed by atoms with Crippen LogP contribution in [0, 0.1) is 0 Å². The Kier molecular flexibility index (Phi) is 4.69. The summed E-state index contributed by atoms with van der Waals surface area (Å²) in [6, 6.07) is 10.6. The van der Waals surface area contributed by atoms with Gasteiger partial charge in [0.05, 0.1) is 11.4 Å². The van der Waals surface area contributed by atoms with E-state index in [4.69, 9.17) is 4.42 Å². The van der Waals surface area contributed by atoms with Gasteiger partial charge in [0, 0.05) is 26.2 Å². The van der Waals surface area contributed by atoms with Crippen LogP contribution in [0.2, 0.25) is 0 Å². The SMILES string of the molecule is CCc1ccc(CNc2cccc(S(=O)(=O)N(C)C)c2)o1. The molecule has 5 nitrogen and oxygen atoms in total. The minimum absolute atomic E-state index is 0.270. The van der Waals surface area contributed by atoms with Crippen LogP contribution in [0.3, 0.4) is 0 Å². The molecule has 0 bridgehead atoms. The summed E-state index contributed by atoms with van der Waals surface area (Å²) in [5.41, 5.74) is 0.743. The maximum atomic E-state index is 12.1. The summed E-state index contributed by atoms with van der Waals surface area (Å²) in [5, 5.41) is 3.17. The molecule has 0 atom stereocenters. The number of aryl methyl sites for hydroxylation is 1. The van der Waals surface area contributed by atoms with Gasteiger partial charge < -0.3 is 9.73 Å². The lowest BCUT2D eigenvalue weighted by atomic mass is 10.3. The van der Waals surface area contributed by atoms with E-state index >= 15 is 0 Å². The Hall–Kier alpha value is -1.79. The molecule has 1 aromatic carbocycles. The number of anilines is 1. The maximum absolute atomic E-state index is 12.1. The zero-order valence-corrected chi connectivity index (χ0v) is 13.3. The summed E-state index contributed by atoms with van der Waals surface area (Å²) in [7, 11) is -0.375. The molecule has 1 aromatic heterocycles. The van der Waals surface area contributed by atoms with Crippen molar-refractivity contribution < 1.29 is 12.8 Å². The monoisotopic (exact) mass is 308 g/mol. The molecule has 1 heterocycles. The summed E-state index contributed by atoms with van der Waals surface area (Å²) in [6.07, 6.45) is 0.858. The van der Waals surface area contributed by atoms with Crippen LogP contribution in [0.25, 0.3) is 0 Å². The molecule has 0 aliphatic carbocycles. The van der Waals surface area contributed by atoms with Crippen LogP contribution in [0.4, 0.5) is 5.69 Å². The van der Waals surface area contributed by atoms with Crippen LogP contribution in [-0.2, 0) is 23.0 Å². The first-order chi connectivity index (χ1) is 9.93. The number of sulfonamides is 1. The second kappa shape index (κ2) is 6.32. The third kappa shape index (κ3) is 3.65. The highest BCUT2D eigenvalue weighted by atomic mass is 32.2. The van der Waals surface area contributed by atoms with Crippen LogP contribution < -0.4 is 5.32 Å². The van der Waals surface area contributed by atoms with Crippen molar-refractivity contribution >= 4 is 15.7 Å². The third-order valence-corrected chi connectivity index (χ3v) is 4.96. The number of nitrogens with one attached hydrogen (secondary N) is 1. The highest BCUT2D eigenvalue weighted by molar-refractivity contribution is 7.89. The predicted octanol–water partition coefficient (Wildman–Crippen LogP) is 2.70. The molecule has 1 N–H and O–H groups in total. The van der Waals surface area contributed by atoms with Gasteiger partial charge in [-0.05, 0) is 30.3 Å². The standard InChI is InChI=1S/C15H20N2O3S/c1-4-13-8-9-14(20-13)11-16-12-6-5-7-15(10-12)21(18,19)17(2)3/h5-10,16H,4,11H2,1-3H3. The van der Waals surface area contributed by atoms with Crippen molar-refractivity contribution in [3.8, 4) is 0 Å². The molecule has 6 heteroatoms. The van der Waals surface area contributed by atoms with Gasteiger partial charge in [-0.1, -0.05) is 13.0 Å². The molecule has 0 spiro atoms. The minimum atomic E-state index is -3.41. The van der Waals surface area contributed by atoms with Crippen LogP contribution in [0.1, 0.15) is 18.4 Å². The summed E-state index contributed by atoms with van der Waals surface area (Å²) >= 11 is 0. The average Bonchev–Trinajstić information content (AvgIpc) is 2.93. The Labute approximate surface area is 125 Å². The number of rotatable bonds is 6. The van der Waals surface area contributed by atoms with E-state index in [1.807, 2.05) is 25.1 Å². The van der Waals surface area contributed by atoms with E-state index in [1.54, 1.807) is 18.2 Å². The largest absolute Gasteiger partial charge is 0.464 e. The number of benzene rings is 1.